The van der Waals surface area contributed by atoms with Crippen LogP contribution in [0.1, 0.15) is 10.5 Å². The number of nitrogens with one attached hydrogen (secondary N) is 1. The van der Waals surface area contributed by atoms with Crippen LogP contribution < -0.4 is 10.2 Å². The van der Waals surface area contributed by atoms with Gasteiger partial charge in [-0.15, -0.1) is 0 Å². The van der Waals surface area contributed by atoms with Gasteiger partial charge in [0.2, 0.25) is 0 Å². The zero-order valence-electron chi connectivity index (χ0n) is 14.1. The van der Waals surface area contributed by atoms with Crippen molar-refractivity contribution in [3.05, 3.63) is 54.2 Å². The van der Waals surface area contributed by atoms with Crippen LogP contribution in [-0.2, 0) is 4.74 Å². The number of para-hydroxylation sites is 2. The minimum Gasteiger partial charge on any atom is -0.476 e. The van der Waals surface area contributed by atoms with Crippen molar-refractivity contribution in [2.45, 2.75) is 0 Å². The van der Waals surface area contributed by atoms with E-state index in [-0.39, 0.29) is 11.5 Å². The summed E-state index contributed by atoms with van der Waals surface area (Å²) < 4.78 is 5.39. The number of fused-ring (bicyclic) bond motifs is 1. The monoisotopic (exact) mass is 350 g/mol. The molecule has 7 heteroatoms. The highest BCUT2D eigenvalue weighted by molar-refractivity contribution is 5.94. The fourth-order valence-corrected chi connectivity index (χ4v) is 2.97. The topological polar surface area (TPSA) is 87.6 Å². The van der Waals surface area contributed by atoms with E-state index in [1.54, 1.807) is 6.07 Å². The van der Waals surface area contributed by atoms with Crippen LogP contribution in [-0.4, -0.2) is 47.3 Å². The number of aromatic nitrogens is 2. The van der Waals surface area contributed by atoms with Crippen molar-refractivity contribution < 1.29 is 14.6 Å². The van der Waals surface area contributed by atoms with Gasteiger partial charge in [-0.1, -0.05) is 18.2 Å². The van der Waals surface area contributed by atoms with Gasteiger partial charge in [-0.05, 0) is 30.3 Å². The molecule has 0 spiro atoms. The number of anilines is 3. The number of ether oxygens (including phenoxy) is 1. The number of carbonyl (C=O) groups is 1. The first kappa shape index (κ1) is 16.3. The maximum Gasteiger partial charge on any atom is 0.358 e. The zero-order chi connectivity index (χ0) is 17.9. The average molecular weight is 350 g/mol. The lowest BCUT2D eigenvalue weighted by Crippen LogP contribution is -2.36. The van der Waals surface area contributed by atoms with E-state index in [1.165, 1.54) is 0 Å². The second-order valence-corrected chi connectivity index (χ2v) is 5.99. The van der Waals surface area contributed by atoms with Crippen LogP contribution in [0.25, 0.3) is 11.0 Å². The van der Waals surface area contributed by atoms with Gasteiger partial charge in [-0.25, -0.2) is 14.8 Å². The van der Waals surface area contributed by atoms with Gasteiger partial charge in [-0.3, -0.25) is 0 Å². The fourth-order valence-electron chi connectivity index (χ4n) is 2.97. The minimum absolute atomic E-state index is 0.0968. The lowest BCUT2D eigenvalue weighted by atomic mass is 10.2. The van der Waals surface area contributed by atoms with Gasteiger partial charge in [0.15, 0.2) is 11.5 Å². The molecule has 0 unspecified atom stereocenters. The Balaban J connectivity index is 1.68. The van der Waals surface area contributed by atoms with Gasteiger partial charge in [0.05, 0.1) is 24.2 Å². The van der Waals surface area contributed by atoms with Crippen LogP contribution in [0.2, 0.25) is 0 Å². The quantitative estimate of drug-likeness (QED) is 0.748. The van der Waals surface area contributed by atoms with Crippen LogP contribution in [0.4, 0.5) is 17.2 Å². The minimum atomic E-state index is -1.12. The van der Waals surface area contributed by atoms with Crippen molar-refractivity contribution in [3.63, 3.8) is 0 Å². The molecule has 1 aromatic heterocycles. The van der Waals surface area contributed by atoms with Gasteiger partial charge in [-0.2, -0.15) is 0 Å². The van der Waals surface area contributed by atoms with Crippen molar-refractivity contribution in [1.82, 2.24) is 9.97 Å². The molecule has 1 aliphatic heterocycles. The number of hydrogen-bond acceptors (Lipinski definition) is 6. The molecule has 0 aliphatic carbocycles. The normalized spacial score (nSPS) is 14.4. The Bertz CT molecular complexity index is 954. The Hall–Kier alpha value is -3.19. The zero-order valence-corrected chi connectivity index (χ0v) is 14.1. The molecule has 0 atom stereocenters. The summed E-state index contributed by atoms with van der Waals surface area (Å²) in [4.78, 5) is 22.5. The molecule has 1 aliphatic rings. The van der Waals surface area contributed by atoms with E-state index in [9.17, 15) is 9.90 Å². The third-order valence-electron chi connectivity index (χ3n) is 4.26. The highest BCUT2D eigenvalue weighted by atomic mass is 16.5. The van der Waals surface area contributed by atoms with Crippen molar-refractivity contribution in [2.75, 3.05) is 36.5 Å². The number of carboxylic acids is 1. The molecule has 2 aromatic carbocycles. The smallest absolute Gasteiger partial charge is 0.358 e. The van der Waals surface area contributed by atoms with Gasteiger partial charge in [0.25, 0.3) is 0 Å². The predicted octanol–water partition coefficient (Wildman–Crippen LogP) is 2.91. The first-order valence-electron chi connectivity index (χ1n) is 8.40. The summed E-state index contributed by atoms with van der Waals surface area (Å²) in [6.45, 7) is 3.08. The third kappa shape index (κ3) is 3.29. The standard InChI is InChI=1S/C19H18N4O3/c24-19(25)17-18(22-16-7-2-1-6-15(16)21-17)20-13-4-3-5-14(12-13)23-8-10-26-11-9-23/h1-7,12H,8-11H2,(H,20,22)(H,24,25). The first-order chi connectivity index (χ1) is 12.7. The average Bonchev–Trinajstić information content (AvgIpc) is 2.68. The number of hydrogen-bond donors (Lipinski definition) is 2. The lowest BCUT2D eigenvalue weighted by molar-refractivity contribution is 0.0692. The Morgan fingerprint density at radius 2 is 1.77 bits per heavy atom. The highest BCUT2D eigenvalue weighted by Crippen LogP contribution is 2.25. The van der Waals surface area contributed by atoms with Gasteiger partial charge in [0, 0.05) is 24.5 Å². The number of rotatable bonds is 4. The molecule has 2 N–H and O–H groups in total. The summed E-state index contributed by atoms with van der Waals surface area (Å²) in [7, 11) is 0. The van der Waals surface area contributed by atoms with Crippen LogP contribution in [0, 0.1) is 0 Å². The second-order valence-electron chi connectivity index (χ2n) is 5.99. The van der Waals surface area contributed by atoms with Crippen molar-refractivity contribution in [3.8, 4) is 0 Å². The van der Waals surface area contributed by atoms with E-state index in [2.05, 4.69) is 20.2 Å². The first-order valence-corrected chi connectivity index (χ1v) is 8.40. The van der Waals surface area contributed by atoms with Crippen LogP contribution in [0.3, 0.4) is 0 Å². The Labute approximate surface area is 150 Å². The molecule has 0 bridgehead atoms. The summed E-state index contributed by atoms with van der Waals surface area (Å²) in [5, 5.41) is 12.6. The largest absolute Gasteiger partial charge is 0.476 e. The van der Waals surface area contributed by atoms with Crippen LogP contribution in [0.5, 0.6) is 0 Å². The summed E-state index contributed by atoms with van der Waals surface area (Å²) in [6.07, 6.45) is 0. The molecular formula is C19H18N4O3. The fraction of sp³-hybridized carbons (Fsp3) is 0.211. The number of aromatic carboxylic acids is 1. The number of carboxylic acid groups (broad SMARTS) is 1. The third-order valence-corrected chi connectivity index (χ3v) is 4.26. The molecule has 2 heterocycles. The molecule has 1 saturated heterocycles. The van der Waals surface area contributed by atoms with Gasteiger partial charge < -0.3 is 20.1 Å². The van der Waals surface area contributed by atoms with E-state index >= 15 is 0 Å². The Morgan fingerprint density at radius 1 is 1.04 bits per heavy atom. The number of nitrogens with zero attached hydrogens (tertiary/aromatic N) is 3. The molecule has 132 valence electrons. The summed E-state index contributed by atoms with van der Waals surface area (Å²) in [6, 6.07) is 15.0. The molecule has 0 radical (unpaired) electrons. The summed E-state index contributed by atoms with van der Waals surface area (Å²) in [5.74, 6) is -0.884. The van der Waals surface area contributed by atoms with Crippen molar-refractivity contribution in [1.29, 1.82) is 0 Å². The Morgan fingerprint density at radius 3 is 2.50 bits per heavy atom. The predicted molar refractivity (Wildman–Crippen MR) is 99.3 cm³/mol. The molecule has 26 heavy (non-hydrogen) atoms. The second kappa shape index (κ2) is 6.97. The van der Waals surface area contributed by atoms with E-state index in [0.717, 1.165) is 24.5 Å². The molecule has 7 nitrogen and oxygen atoms in total. The lowest BCUT2D eigenvalue weighted by Gasteiger charge is -2.29. The molecule has 0 saturated carbocycles. The summed E-state index contributed by atoms with van der Waals surface area (Å²) in [5.41, 5.74) is 2.92. The molecular weight excluding hydrogens is 332 g/mol. The van der Waals surface area contributed by atoms with Gasteiger partial charge in [0.1, 0.15) is 0 Å². The molecule has 0 amide bonds. The van der Waals surface area contributed by atoms with E-state index in [1.807, 2.05) is 42.5 Å². The molecule has 4 rings (SSSR count). The van der Waals surface area contributed by atoms with Gasteiger partial charge >= 0.3 is 5.97 Å². The summed E-state index contributed by atoms with van der Waals surface area (Å²) >= 11 is 0. The van der Waals surface area contributed by atoms with Crippen LogP contribution >= 0.6 is 0 Å². The van der Waals surface area contributed by atoms with Crippen molar-refractivity contribution in [2.24, 2.45) is 0 Å². The van der Waals surface area contributed by atoms with Crippen molar-refractivity contribution >= 4 is 34.2 Å². The maximum atomic E-state index is 11.6. The van der Waals surface area contributed by atoms with E-state index in [4.69, 9.17) is 4.74 Å². The number of benzene rings is 2. The Kier molecular flexibility index (Phi) is 4.37. The van der Waals surface area contributed by atoms with E-state index in [0.29, 0.717) is 24.2 Å². The number of morpholine rings is 1. The highest BCUT2D eigenvalue weighted by Gasteiger charge is 2.16. The van der Waals surface area contributed by atoms with E-state index < -0.39 is 5.97 Å². The SMILES string of the molecule is O=C(O)c1nc2ccccc2nc1Nc1cccc(N2CCOCC2)c1. The maximum absolute atomic E-state index is 11.6. The molecule has 1 fully saturated rings. The van der Waals surface area contributed by atoms with Crippen LogP contribution in [0.15, 0.2) is 48.5 Å². The molecule has 3 aromatic rings.